The summed E-state index contributed by atoms with van der Waals surface area (Å²) in [7, 11) is 1.59. The van der Waals surface area contributed by atoms with E-state index in [4.69, 9.17) is 47.4 Å². The molecule has 3 saturated heterocycles. The molecule has 0 radical (unpaired) electrons. The summed E-state index contributed by atoms with van der Waals surface area (Å²) in [6.07, 6.45) is 0.433. The summed E-state index contributed by atoms with van der Waals surface area (Å²) in [5.41, 5.74) is 0.900. The van der Waals surface area contributed by atoms with Gasteiger partial charge in [0.1, 0.15) is 36.6 Å². The molecule has 4 unspecified atom stereocenters. The van der Waals surface area contributed by atoms with Crippen LogP contribution < -0.4 is 0 Å². The van der Waals surface area contributed by atoms with Gasteiger partial charge in [-0.15, -0.1) is 0 Å². The van der Waals surface area contributed by atoms with Gasteiger partial charge in [-0.2, -0.15) is 0 Å². The number of nitrogens with zero attached hydrogens (tertiary/aromatic N) is 1. The third-order valence-electron chi connectivity index (χ3n) is 9.54. The van der Waals surface area contributed by atoms with Crippen molar-refractivity contribution in [3.8, 4) is 0 Å². The standard InChI is InChI=1S/C39H63NO12/c1-7-11-20-44-25-29-33(49-27(5)41)34-31(40(39(42)52-34)24-28-18-16-15-17-19-28)37(50-29)48-26-30-32(45-21-12-8-2)35(46-22-13-9-3)36(38(43-6)51-30)47-23-14-10-4/h15-19,29-38H,7-14,20-26H2,1-6H3/t29?,30?,31?,32-,33+,34-,35+,36?,37+,38+/m1/s1. The highest BCUT2D eigenvalue weighted by Crippen LogP contribution is 2.37. The molecule has 0 aliphatic carbocycles. The zero-order valence-corrected chi connectivity index (χ0v) is 32.1. The number of amides is 1. The maximum Gasteiger partial charge on any atom is 0.411 e. The van der Waals surface area contributed by atoms with Crippen LogP contribution in [0.3, 0.4) is 0 Å². The van der Waals surface area contributed by atoms with Crippen LogP contribution in [0.2, 0.25) is 0 Å². The molecule has 13 nitrogen and oxygen atoms in total. The minimum atomic E-state index is -0.981. The van der Waals surface area contributed by atoms with Crippen LogP contribution in [0.15, 0.2) is 30.3 Å². The quantitative estimate of drug-likeness (QED) is 0.0941. The van der Waals surface area contributed by atoms with E-state index in [1.165, 1.54) is 6.92 Å². The Labute approximate surface area is 310 Å². The molecule has 1 aromatic carbocycles. The van der Waals surface area contributed by atoms with Gasteiger partial charge >= 0.3 is 12.1 Å². The SMILES string of the molecule is CCCCOCC1O[C@H](OCC2O[C@H](OC)C(OCCCC)[C@@H](OCCCC)[C@@H]2OCCCC)C2[C@@H](OC(=O)N2Cc2ccccc2)[C@H]1OC(C)=O. The van der Waals surface area contributed by atoms with Crippen LogP contribution in [0.4, 0.5) is 4.79 Å². The van der Waals surface area contributed by atoms with Crippen LogP contribution in [-0.4, -0.2) is 125 Å². The predicted molar refractivity (Wildman–Crippen MR) is 192 cm³/mol. The molecule has 4 rings (SSSR count). The number of ether oxygens (including phenoxy) is 10. The summed E-state index contributed by atoms with van der Waals surface area (Å²) >= 11 is 0. The van der Waals surface area contributed by atoms with Crippen molar-refractivity contribution in [1.29, 1.82) is 0 Å². The normalized spacial score (nSPS) is 30.3. The number of carbonyl (C=O) groups excluding carboxylic acids is 2. The molecule has 3 fully saturated rings. The number of fused-ring (bicyclic) bond motifs is 1. The molecule has 1 amide bonds. The highest BCUT2D eigenvalue weighted by atomic mass is 16.7. The minimum absolute atomic E-state index is 0.0227. The van der Waals surface area contributed by atoms with Crippen molar-refractivity contribution in [2.45, 2.75) is 154 Å². The Morgan fingerprint density at radius 1 is 0.712 bits per heavy atom. The molecular formula is C39H63NO12. The van der Waals surface area contributed by atoms with Gasteiger partial charge in [0, 0.05) is 47.0 Å². The number of esters is 1. The van der Waals surface area contributed by atoms with Gasteiger partial charge in [0.2, 0.25) is 0 Å². The lowest BCUT2D eigenvalue weighted by molar-refractivity contribution is -0.331. The van der Waals surface area contributed by atoms with Gasteiger partial charge in [-0.3, -0.25) is 9.69 Å². The average Bonchev–Trinajstić information content (AvgIpc) is 3.47. The molecule has 0 bridgehead atoms. The Balaban J connectivity index is 1.63. The first kappa shape index (κ1) is 42.4. The number of hydrogen-bond donors (Lipinski definition) is 0. The largest absolute Gasteiger partial charge is 0.456 e. The summed E-state index contributed by atoms with van der Waals surface area (Å²) < 4.78 is 62.8. The van der Waals surface area contributed by atoms with E-state index < -0.39 is 73.4 Å². The number of carbonyl (C=O) groups is 2. The van der Waals surface area contributed by atoms with E-state index in [9.17, 15) is 9.59 Å². The lowest BCUT2D eigenvalue weighted by Crippen LogP contribution is -2.64. The van der Waals surface area contributed by atoms with Gasteiger partial charge in [-0.25, -0.2) is 4.79 Å². The second kappa shape index (κ2) is 22.8. The molecule has 0 aromatic heterocycles. The molecule has 0 spiro atoms. The fourth-order valence-electron chi connectivity index (χ4n) is 6.71. The maximum absolute atomic E-state index is 13.6. The minimum Gasteiger partial charge on any atom is -0.456 e. The van der Waals surface area contributed by atoms with Crippen molar-refractivity contribution in [3.05, 3.63) is 35.9 Å². The molecule has 52 heavy (non-hydrogen) atoms. The first-order chi connectivity index (χ1) is 25.4. The number of benzene rings is 1. The van der Waals surface area contributed by atoms with E-state index in [1.807, 2.05) is 30.3 Å². The highest BCUT2D eigenvalue weighted by Gasteiger charge is 2.59. The van der Waals surface area contributed by atoms with E-state index >= 15 is 0 Å². The number of unbranched alkanes of at least 4 members (excludes halogenated alkanes) is 4. The van der Waals surface area contributed by atoms with Gasteiger partial charge in [-0.05, 0) is 31.2 Å². The lowest BCUT2D eigenvalue weighted by atomic mass is 9.95. The summed E-state index contributed by atoms with van der Waals surface area (Å²) in [6.45, 7) is 12.2. The Bertz CT molecular complexity index is 1160. The summed E-state index contributed by atoms with van der Waals surface area (Å²) in [4.78, 5) is 27.5. The molecule has 10 atom stereocenters. The van der Waals surface area contributed by atoms with E-state index in [0.29, 0.717) is 26.4 Å². The predicted octanol–water partition coefficient (Wildman–Crippen LogP) is 5.79. The Morgan fingerprint density at radius 2 is 1.29 bits per heavy atom. The van der Waals surface area contributed by atoms with E-state index in [1.54, 1.807) is 12.0 Å². The molecule has 13 heteroatoms. The fourth-order valence-corrected chi connectivity index (χ4v) is 6.71. The van der Waals surface area contributed by atoms with Gasteiger partial charge in [0.15, 0.2) is 24.8 Å². The zero-order valence-electron chi connectivity index (χ0n) is 32.1. The van der Waals surface area contributed by atoms with Crippen molar-refractivity contribution < 1.29 is 57.0 Å². The number of rotatable bonds is 24. The number of methoxy groups -OCH3 is 1. The Morgan fingerprint density at radius 3 is 1.90 bits per heavy atom. The van der Waals surface area contributed by atoms with Crippen LogP contribution in [0, 0.1) is 0 Å². The second-order valence-electron chi connectivity index (χ2n) is 13.7. The molecule has 0 saturated carbocycles. The summed E-state index contributed by atoms with van der Waals surface area (Å²) in [5.74, 6) is -0.513. The molecule has 3 aliphatic heterocycles. The van der Waals surface area contributed by atoms with E-state index in [2.05, 4.69) is 27.7 Å². The molecule has 1 aromatic rings. The van der Waals surface area contributed by atoms with Gasteiger partial charge in [0.25, 0.3) is 0 Å². The smallest absolute Gasteiger partial charge is 0.411 e. The zero-order chi connectivity index (χ0) is 37.3. The molecule has 3 heterocycles. The highest BCUT2D eigenvalue weighted by molar-refractivity contribution is 5.71. The molecular weight excluding hydrogens is 674 g/mol. The van der Waals surface area contributed by atoms with Crippen molar-refractivity contribution in [1.82, 2.24) is 4.90 Å². The third kappa shape index (κ3) is 11.8. The van der Waals surface area contributed by atoms with Gasteiger partial charge in [0.05, 0.1) is 13.2 Å². The van der Waals surface area contributed by atoms with Crippen LogP contribution in [-0.2, 0) is 58.7 Å². The molecule has 0 N–H and O–H groups in total. The first-order valence-electron chi connectivity index (χ1n) is 19.4. The summed E-state index contributed by atoms with van der Waals surface area (Å²) in [6, 6.07) is 8.87. The topological polar surface area (TPSA) is 130 Å². The fraction of sp³-hybridized carbons (Fsp3) is 0.795. The van der Waals surface area contributed by atoms with Gasteiger partial charge < -0.3 is 47.4 Å². The second-order valence-corrected chi connectivity index (χ2v) is 13.7. The average molecular weight is 738 g/mol. The van der Waals surface area contributed by atoms with Crippen molar-refractivity contribution in [2.75, 3.05) is 46.8 Å². The Hall–Kier alpha value is -2.36. The van der Waals surface area contributed by atoms with Crippen molar-refractivity contribution in [2.24, 2.45) is 0 Å². The van der Waals surface area contributed by atoms with Crippen LogP contribution in [0.5, 0.6) is 0 Å². The molecule has 296 valence electrons. The third-order valence-corrected chi connectivity index (χ3v) is 9.54. The van der Waals surface area contributed by atoms with Crippen LogP contribution in [0.1, 0.15) is 91.5 Å². The lowest BCUT2D eigenvalue weighted by Gasteiger charge is -2.47. The Kier molecular flexibility index (Phi) is 18.6. The van der Waals surface area contributed by atoms with Crippen molar-refractivity contribution in [3.63, 3.8) is 0 Å². The van der Waals surface area contributed by atoms with Crippen LogP contribution in [0.25, 0.3) is 0 Å². The maximum atomic E-state index is 13.6. The summed E-state index contributed by atoms with van der Waals surface area (Å²) in [5, 5.41) is 0. The van der Waals surface area contributed by atoms with Crippen LogP contribution >= 0.6 is 0 Å². The number of hydrogen-bond acceptors (Lipinski definition) is 12. The monoisotopic (exact) mass is 737 g/mol. The molecule has 3 aliphatic rings. The first-order valence-corrected chi connectivity index (χ1v) is 19.4. The van der Waals surface area contributed by atoms with E-state index in [0.717, 1.165) is 56.9 Å². The van der Waals surface area contributed by atoms with E-state index in [-0.39, 0.29) is 19.8 Å². The van der Waals surface area contributed by atoms with Crippen molar-refractivity contribution >= 4 is 12.1 Å². The van der Waals surface area contributed by atoms with Gasteiger partial charge in [-0.1, -0.05) is 83.7 Å².